The van der Waals surface area contributed by atoms with Crippen LogP contribution >= 0.6 is 34.9 Å². The van der Waals surface area contributed by atoms with Crippen molar-refractivity contribution in [2.45, 2.75) is 36.0 Å². The normalized spacial score (nSPS) is 10.9. The fourth-order valence-corrected chi connectivity index (χ4v) is 4.86. The summed E-state index contributed by atoms with van der Waals surface area (Å²) in [5.41, 5.74) is 7.96. The van der Waals surface area contributed by atoms with Gasteiger partial charge in [0.15, 0.2) is 14.5 Å². The Kier molecular flexibility index (Phi) is 6.25. The quantitative estimate of drug-likeness (QED) is 0.567. The zero-order valence-corrected chi connectivity index (χ0v) is 15.6. The molecule has 1 amide bonds. The van der Waals surface area contributed by atoms with E-state index in [9.17, 15) is 9.59 Å². The molecule has 9 heteroatoms. The lowest BCUT2D eigenvalue weighted by molar-refractivity contribution is -0.115. The molecule has 0 spiro atoms. The summed E-state index contributed by atoms with van der Waals surface area (Å²) in [5.74, 6) is 0.204. The predicted octanol–water partition coefficient (Wildman–Crippen LogP) is 2.53. The first kappa shape index (κ1) is 18.0. The fraction of sp³-hybridized carbons (Fsp3) is 0.429. The van der Waals surface area contributed by atoms with Gasteiger partial charge in [-0.2, -0.15) is 0 Å². The first-order chi connectivity index (χ1) is 10.9. The van der Waals surface area contributed by atoms with Crippen LogP contribution in [0.5, 0.6) is 0 Å². The molecule has 0 aliphatic rings. The highest BCUT2D eigenvalue weighted by Gasteiger charge is 2.16. The van der Waals surface area contributed by atoms with Crippen LogP contribution in [0, 0.1) is 13.8 Å². The summed E-state index contributed by atoms with van der Waals surface area (Å²) >= 11 is 3.99. The van der Waals surface area contributed by atoms with Crippen LogP contribution in [-0.2, 0) is 11.3 Å². The molecule has 6 nitrogen and oxygen atoms in total. The Morgan fingerprint density at radius 2 is 1.83 bits per heavy atom. The van der Waals surface area contributed by atoms with E-state index in [2.05, 4.69) is 21.7 Å². The molecule has 2 heterocycles. The minimum Gasteiger partial charge on any atom is -0.369 e. The summed E-state index contributed by atoms with van der Waals surface area (Å²) in [5, 5.41) is 8.00. The van der Waals surface area contributed by atoms with Gasteiger partial charge in [0, 0.05) is 23.5 Å². The lowest BCUT2D eigenvalue weighted by atomic mass is 10.2. The van der Waals surface area contributed by atoms with E-state index >= 15 is 0 Å². The summed E-state index contributed by atoms with van der Waals surface area (Å²) < 4.78 is 3.53. The van der Waals surface area contributed by atoms with Crippen LogP contribution in [0.3, 0.4) is 0 Å². The van der Waals surface area contributed by atoms with Gasteiger partial charge in [-0.3, -0.25) is 9.59 Å². The Labute approximate surface area is 147 Å². The molecule has 0 atom stereocenters. The number of nitrogens with zero attached hydrogens (tertiary/aromatic N) is 3. The maximum Gasteiger partial charge on any atom is 0.227 e. The van der Waals surface area contributed by atoms with E-state index in [1.165, 1.54) is 34.9 Å². The number of hydrogen-bond donors (Lipinski definition) is 1. The topological polar surface area (TPSA) is 90.9 Å². The monoisotopic (exact) mass is 370 g/mol. The molecule has 0 saturated heterocycles. The lowest BCUT2D eigenvalue weighted by Gasteiger charge is -2.05. The third-order valence-corrected chi connectivity index (χ3v) is 6.46. The minimum absolute atomic E-state index is 0.0874. The zero-order valence-electron chi connectivity index (χ0n) is 13.2. The second kappa shape index (κ2) is 7.98. The number of carbonyl (C=O) groups excluding carboxylic acids is 2. The molecular formula is C14H18N4O2S3. The van der Waals surface area contributed by atoms with Crippen LogP contribution in [0.15, 0.2) is 14.7 Å². The molecule has 0 aromatic carbocycles. The second-order valence-electron chi connectivity index (χ2n) is 4.83. The number of carbonyl (C=O) groups is 2. The van der Waals surface area contributed by atoms with Crippen molar-refractivity contribution in [3.8, 4) is 0 Å². The highest BCUT2D eigenvalue weighted by molar-refractivity contribution is 8.03. The molecule has 2 rings (SSSR count). The van der Waals surface area contributed by atoms with Gasteiger partial charge in [-0.1, -0.05) is 34.9 Å². The lowest BCUT2D eigenvalue weighted by Crippen LogP contribution is -2.12. The van der Waals surface area contributed by atoms with Crippen LogP contribution in [-0.4, -0.2) is 38.0 Å². The van der Waals surface area contributed by atoms with Crippen molar-refractivity contribution in [2.75, 3.05) is 11.5 Å². The number of Topliss-reactive ketones (excluding diaryl/α,β-unsaturated/α-hetero) is 1. The molecule has 0 unspecified atom stereocenters. The number of primary amides is 1. The average molecular weight is 371 g/mol. The minimum atomic E-state index is -0.388. The van der Waals surface area contributed by atoms with E-state index in [0.717, 1.165) is 27.8 Å². The first-order valence-corrected chi connectivity index (χ1v) is 9.78. The summed E-state index contributed by atoms with van der Waals surface area (Å²) in [6.07, 6.45) is 0. The highest BCUT2D eigenvalue weighted by atomic mass is 32.2. The predicted molar refractivity (Wildman–Crippen MR) is 94.5 cm³/mol. The van der Waals surface area contributed by atoms with Gasteiger partial charge in [-0.25, -0.2) is 0 Å². The number of nitrogens with two attached hydrogens (primary N) is 1. The molecule has 124 valence electrons. The number of aryl methyl sites for hydroxylation is 1. The number of amides is 1. The van der Waals surface area contributed by atoms with Crippen LogP contribution in [0.1, 0.15) is 28.7 Å². The Hall–Kier alpha value is -1.32. The Bertz CT molecular complexity index is 724. The van der Waals surface area contributed by atoms with Crippen molar-refractivity contribution in [3.63, 3.8) is 0 Å². The van der Waals surface area contributed by atoms with Gasteiger partial charge in [0.2, 0.25) is 5.91 Å². The van der Waals surface area contributed by atoms with Gasteiger partial charge in [-0.05, 0) is 26.8 Å². The Morgan fingerprint density at radius 3 is 2.35 bits per heavy atom. The largest absolute Gasteiger partial charge is 0.369 e. The molecular weight excluding hydrogens is 352 g/mol. The van der Waals surface area contributed by atoms with Crippen molar-refractivity contribution in [1.29, 1.82) is 0 Å². The molecule has 0 aliphatic heterocycles. The molecule has 0 radical (unpaired) electrons. The number of thioether (sulfide) groups is 2. The third kappa shape index (κ3) is 4.58. The van der Waals surface area contributed by atoms with Crippen LogP contribution < -0.4 is 5.73 Å². The Balaban J connectivity index is 1.96. The van der Waals surface area contributed by atoms with Gasteiger partial charge >= 0.3 is 0 Å². The van der Waals surface area contributed by atoms with Crippen molar-refractivity contribution in [3.05, 3.63) is 23.0 Å². The molecule has 23 heavy (non-hydrogen) atoms. The van der Waals surface area contributed by atoms with E-state index in [4.69, 9.17) is 5.73 Å². The number of hydrogen-bond acceptors (Lipinski definition) is 7. The fourth-order valence-electron chi connectivity index (χ4n) is 2.22. The molecule has 0 bridgehead atoms. The van der Waals surface area contributed by atoms with Crippen LogP contribution in [0.2, 0.25) is 0 Å². The average Bonchev–Trinajstić information content (AvgIpc) is 3.07. The highest BCUT2D eigenvalue weighted by Crippen LogP contribution is 2.29. The Morgan fingerprint density at radius 1 is 1.22 bits per heavy atom. The maximum absolute atomic E-state index is 12.4. The van der Waals surface area contributed by atoms with Gasteiger partial charge in [0.1, 0.15) is 0 Å². The molecule has 2 N–H and O–H groups in total. The molecule has 2 aromatic heterocycles. The third-order valence-electron chi connectivity index (χ3n) is 3.24. The number of rotatable bonds is 8. The van der Waals surface area contributed by atoms with Crippen molar-refractivity contribution >= 4 is 46.6 Å². The molecule has 2 aromatic rings. The summed E-state index contributed by atoms with van der Waals surface area (Å²) in [4.78, 5) is 23.1. The van der Waals surface area contributed by atoms with Crippen molar-refractivity contribution < 1.29 is 9.59 Å². The summed E-state index contributed by atoms with van der Waals surface area (Å²) in [7, 11) is 0. The van der Waals surface area contributed by atoms with E-state index in [1.807, 2.05) is 19.9 Å². The SMILES string of the molecule is CCn1c(C)cc(C(=O)CSc2nnc(SCC(N)=O)s2)c1C. The first-order valence-electron chi connectivity index (χ1n) is 6.99. The molecule has 0 aliphatic carbocycles. The molecule has 0 saturated carbocycles. The van der Waals surface area contributed by atoms with Crippen molar-refractivity contribution in [2.24, 2.45) is 5.73 Å². The van der Waals surface area contributed by atoms with Gasteiger partial charge in [0.25, 0.3) is 0 Å². The zero-order chi connectivity index (χ0) is 17.0. The second-order valence-corrected chi connectivity index (χ2v) is 8.25. The standard InChI is InChI=1S/C14H18N4O2S3/c1-4-18-8(2)5-10(9(18)3)11(19)6-21-13-16-17-14(23-13)22-7-12(15)20/h5H,4,6-7H2,1-3H3,(H2,15,20). The van der Waals surface area contributed by atoms with Crippen molar-refractivity contribution in [1.82, 2.24) is 14.8 Å². The van der Waals surface area contributed by atoms with Gasteiger partial charge in [0.05, 0.1) is 11.5 Å². The maximum atomic E-state index is 12.4. The molecule has 0 fully saturated rings. The van der Waals surface area contributed by atoms with E-state index in [-0.39, 0.29) is 17.4 Å². The van der Waals surface area contributed by atoms with Crippen LogP contribution in [0.25, 0.3) is 0 Å². The number of aromatic nitrogens is 3. The van der Waals surface area contributed by atoms with Gasteiger partial charge in [-0.15, -0.1) is 10.2 Å². The van der Waals surface area contributed by atoms with E-state index in [0.29, 0.717) is 10.1 Å². The van der Waals surface area contributed by atoms with E-state index in [1.54, 1.807) is 0 Å². The van der Waals surface area contributed by atoms with E-state index < -0.39 is 0 Å². The summed E-state index contributed by atoms with van der Waals surface area (Å²) in [6.45, 7) is 6.90. The van der Waals surface area contributed by atoms with Crippen LogP contribution in [0.4, 0.5) is 0 Å². The number of ketones is 1. The smallest absolute Gasteiger partial charge is 0.227 e. The van der Waals surface area contributed by atoms with Gasteiger partial charge < -0.3 is 10.3 Å². The summed E-state index contributed by atoms with van der Waals surface area (Å²) in [6, 6.07) is 1.94.